The fourth-order valence-electron chi connectivity index (χ4n) is 8.08. The summed E-state index contributed by atoms with van der Waals surface area (Å²) in [6, 6.07) is 56.6. The maximum absolute atomic E-state index is 6.98. The van der Waals surface area contributed by atoms with Gasteiger partial charge >= 0.3 is 0 Å². The molecule has 0 saturated carbocycles. The molecule has 3 heterocycles. The van der Waals surface area contributed by atoms with Gasteiger partial charge in [-0.15, -0.1) is 0 Å². The van der Waals surface area contributed by atoms with Crippen molar-refractivity contribution in [1.82, 2.24) is 4.57 Å². The summed E-state index contributed by atoms with van der Waals surface area (Å²) in [5, 5.41) is 4.71. The Kier molecular flexibility index (Phi) is 5.63. The molecule has 3 heteroatoms. The van der Waals surface area contributed by atoms with Crippen LogP contribution in [0.3, 0.4) is 0 Å². The van der Waals surface area contributed by atoms with Gasteiger partial charge < -0.3 is 13.9 Å². The van der Waals surface area contributed by atoms with Crippen LogP contribution in [-0.4, -0.2) is 4.57 Å². The van der Waals surface area contributed by atoms with Gasteiger partial charge in [0.05, 0.1) is 22.1 Å². The highest BCUT2D eigenvalue weighted by Gasteiger charge is 2.37. The molecule has 0 amide bonds. The van der Waals surface area contributed by atoms with Gasteiger partial charge in [-0.1, -0.05) is 117 Å². The third-order valence-corrected chi connectivity index (χ3v) is 10.3. The molecule has 3 nitrogen and oxygen atoms in total. The van der Waals surface area contributed by atoms with Crippen LogP contribution in [0.4, 0.5) is 17.1 Å². The first kappa shape index (κ1) is 27.1. The molecule has 0 bridgehead atoms. The van der Waals surface area contributed by atoms with Crippen LogP contribution in [0.5, 0.6) is 0 Å². The van der Waals surface area contributed by atoms with Crippen molar-refractivity contribution < 1.29 is 4.42 Å². The summed E-state index contributed by atoms with van der Waals surface area (Å²) in [6.45, 7) is 4.76. The minimum atomic E-state index is -0.290. The van der Waals surface area contributed by atoms with Crippen LogP contribution in [0, 0.1) is 0 Å². The van der Waals surface area contributed by atoms with E-state index in [9.17, 15) is 0 Å². The first-order chi connectivity index (χ1) is 23.6. The molecule has 0 saturated heterocycles. The SMILES string of the molecule is CC1(C)c2cc(N(c3ccccc3)c3ccccc3)ccc2-n2c3ccccc3c3c4oc5c(-c6ccccc6)cccc5c4cc1c32. The highest BCUT2D eigenvalue weighted by Crippen LogP contribution is 2.52. The Balaban J connectivity index is 1.29. The fourth-order valence-corrected chi connectivity index (χ4v) is 8.08. The average molecular weight is 617 g/mol. The normalized spacial score (nSPS) is 13.4. The van der Waals surface area contributed by atoms with E-state index in [-0.39, 0.29) is 5.41 Å². The molecule has 0 unspecified atom stereocenters. The number of rotatable bonds is 4. The van der Waals surface area contributed by atoms with Crippen LogP contribution in [0.1, 0.15) is 25.0 Å². The molecule has 48 heavy (non-hydrogen) atoms. The van der Waals surface area contributed by atoms with Crippen molar-refractivity contribution in [2.45, 2.75) is 19.3 Å². The lowest BCUT2D eigenvalue weighted by molar-refractivity contribution is 0.630. The molecule has 0 fully saturated rings. The second-order valence-electron chi connectivity index (χ2n) is 13.4. The molecule has 0 spiro atoms. The molecule has 2 aromatic heterocycles. The first-order valence-corrected chi connectivity index (χ1v) is 16.6. The highest BCUT2D eigenvalue weighted by molar-refractivity contribution is 6.26. The van der Waals surface area contributed by atoms with Crippen LogP contribution in [0.2, 0.25) is 0 Å². The number of benzene rings is 7. The van der Waals surface area contributed by atoms with E-state index >= 15 is 0 Å². The summed E-state index contributed by atoms with van der Waals surface area (Å²) < 4.78 is 9.46. The fraction of sp³-hybridized carbons (Fsp3) is 0.0667. The second-order valence-corrected chi connectivity index (χ2v) is 13.4. The molecule has 1 aliphatic heterocycles. The monoisotopic (exact) mass is 616 g/mol. The summed E-state index contributed by atoms with van der Waals surface area (Å²) in [7, 11) is 0. The van der Waals surface area contributed by atoms with E-state index in [0.717, 1.165) is 50.1 Å². The number of furan rings is 1. The van der Waals surface area contributed by atoms with Crippen molar-refractivity contribution in [2.24, 2.45) is 0 Å². The lowest BCUT2D eigenvalue weighted by Gasteiger charge is -2.36. The maximum atomic E-state index is 6.98. The summed E-state index contributed by atoms with van der Waals surface area (Å²) in [5.41, 5.74) is 13.5. The smallest absolute Gasteiger partial charge is 0.145 e. The molecule has 9 aromatic rings. The van der Waals surface area contributed by atoms with Gasteiger partial charge in [-0.25, -0.2) is 0 Å². The number of fused-ring (bicyclic) bond motifs is 9. The quantitative estimate of drug-likeness (QED) is 0.196. The van der Waals surface area contributed by atoms with Crippen LogP contribution in [0.25, 0.3) is 60.6 Å². The van der Waals surface area contributed by atoms with E-state index in [1.165, 1.54) is 38.6 Å². The van der Waals surface area contributed by atoms with Gasteiger partial charge in [-0.3, -0.25) is 0 Å². The van der Waals surface area contributed by atoms with Crippen LogP contribution < -0.4 is 4.90 Å². The Morgan fingerprint density at radius 2 is 1.17 bits per heavy atom. The third kappa shape index (κ3) is 3.70. The second kappa shape index (κ2) is 9.97. The molecule has 1 aliphatic rings. The van der Waals surface area contributed by atoms with Crippen molar-refractivity contribution in [1.29, 1.82) is 0 Å². The molecule has 228 valence electrons. The van der Waals surface area contributed by atoms with Gasteiger partial charge in [0.1, 0.15) is 11.2 Å². The number of hydrogen-bond acceptors (Lipinski definition) is 2. The van der Waals surface area contributed by atoms with Crippen molar-refractivity contribution in [3.8, 4) is 16.8 Å². The van der Waals surface area contributed by atoms with Crippen molar-refractivity contribution in [2.75, 3.05) is 4.90 Å². The predicted molar refractivity (Wildman–Crippen MR) is 200 cm³/mol. The minimum absolute atomic E-state index is 0.290. The molecule has 7 aromatic carbocycles. The van der Waals surface area contributed by atoms with Crippen molar-refractivity contribution in [3.63, 3.8) is 0 Å². The standard InChI is InChI=1S/C45H32N2O/c1-45(2)37-27-32(46(30-17-8-4-9-18-30)31-19-10-5-11-20-31)25-26-40(37)47-39-24-13-12-21-35(39)41-42(47)38(45)28-36-34-23-14-22-33(43(34)48-44(36)41)29-15-6-3-7-16-29/h3-28H,1-2H3. The van der Waals surface area contributed by atoms with Gasteiger partial charge in [0.15, 0.2) is 0 Å². The molecular weight excluding hydrogens is 585 g/mol. The van der Waals surface area contributed by atoms with E-state index < -0.39 is 0 Å². The van der Waals surface area contributed by atoms with Gasteiger partial charge in [-0.2, -0.15) is 0 Å². The Labute approximate surface area is 278 Å². The summed E-state index contributed by atoms with van der Waals surface area (Å²) in [4.78, 5) is 2.35. The van der Waals surface area contributed by atoms with Crippen molar-refractivity contribution in [3.05, 3.63) is 169 Å². The number of hydrogen-bond donors (Lipinski definition) is 0. The number of nitrogens with zero attached hydrogens (tertiary/aromatic N) is 2. The Morgan fingerprint density at radius 1 is 0.521 bits per heavy atom. The lowest BCUT2D eigenvalue weighted by Crippen LogP contribution is -2.27. The molecule has 0 N–H and O–H groups in total. The summed E-state index contributed by atoms with van der Waals surface area (Å²) >= 11 is 0. The average Bonchev–Trinajstić information content (AvgIpc) is 3.68. The Bertz CT molecular complexity index is 2640. The molecular formula is C45H32N2O. The van der Waals surface area contributed by atoms with E-state index in [1.807, 2.05) is 0 Å². The summed E-state index contributed by atoms with van der Waals surface area (Å²) in [6.07, 6.45) is 0. The Hall–Kier alpha value is -6.06. The first-order valence-electron chi connectivity index (χ1n) is 16.6. The van der Waals surface area contributed by atoms with E-state index in [1.54, 1.807) is 0 Å². The van der Waals surface area contributed by atoms with Gasteiger partial charge in [0.25, 0.3) is 0 Å². The minimum Gasteiger partial charge on any atom is -0.455 e. The molecule has 0 radical (unpaired) electrons. The van der Waals surface area contributed by atoms with Crippen LogP contribution in [-0.2, 0) is 5.41 Å². The van der Waals surface area contributed by atoms with Gasteiger partial charge in [0.2, 0.25) is 0 Å². The molecule has 0 atom stereocenters. The highest BCUT2D eigenvalue weighted by atomic mass is 16.3. The zero-order valence-corrected chi connectivity index (χ0v) is 26.8. The Morgan fingerprint density at radius 3 is 1.90 bits per heavy atom. The largest absolute Gasteiger partial charge is 0.455 e. The van der Waals surface area contributed by atoms with Crippen molar-refractivity contribution >= 4 is 60.8 Å². The number of anilines is 3. The molecule has 0 aliphatic carbocycles. The van der Waals surface area contributed by atoms with Crippen LogP contribution in [0.15, 0.2) is 162 Å². The zero-order chi connectivity index (χ0) is 32.0. The van der Waals surface area contributed by atoms with Gasteiger partial charge in [0, 0.05) is 44.2 Å². The van der Waals surface area contributed by atoms with Gasteiger partial charge in [-0.05, 0) is 71.3 Å². The molecule has 10 rings (SSSR count). The predicted octanol–water partition coefficient (Wildman–Crippen LogP) is 12.5. The topological polar surface area (TPSA) is 21.3 Å². The maximum Gasteiger partial charge on any atom is 0.145 e. The van der Waals surface area contributed by atoms with E-state index in [2.05, 4.69) is 181 Å². The lowest BCUT2D eigenvalue weighted by atomic mass is 9.74. The van der Waals surface area contributed by atoms with E-state index in [0.29, 0.717) is 0 Å². The third-order valence-electron chi connectivity index (χ3n) is 10.3. The zero-order valence-electron chi connectivity index (χ0n) is 26.8. The number of para-hydroxylation sites is 4. The van der Waals surface area contributed by atoms with E-state index in [4.69, 9.17) is 4.42 Å². The number of aromatic nitrogens is 1. The van der Waals surface area contributed by atoms with Crippen LogP contribution >= 0.6 is 0 Å². The summed E-state index contributed by atoms with van der Waals surface area (Å²) in [5.74, 6) is 0.